The van der Waals surface area contributed by atoms with E-state index in [0.717, 1.165) is 35.9 Å². The molecule has 2 aliphatic rings. The normalized spacial score (nSPS) is 20.3. The molecule has 1 aromatic heterocycles. The van der Waals surface area contributed by atoms with Crippen LogP contribution >= 0.6 is 0 Å². The zero-order valence-corrected chi connectivity index (χ0v) is 12.4. The van der Waals surface area contributed by atoms with E-state index in [-0.39, 0.29) is 0 Å². The van der Waals surface area contributed by atoms with Crippen LogP contribution in [0.4, 0.5) is 0 Å². The van der Waals surface area contributed by atoms with Gasteiger partial charge < -0.3 is 9.52 Å². The molecule has 1 heterocycles. The van der Waals surface area contributed by atoms with Crippen LogP contribution in [-0.2, 0) is 0 Å². The summed E-state index contributed by atoms with van der Waals surface area (Å²) in [5.74, 6) is 2.44. The van der Waals surface area contributed by atoms with E-state index in [4.69, 9.17) is 4.42 Å². The number of benzene rings is 1. The lowest BCUT2D eigenvalue weighted by Crippen LogP contribution is -2.32. The first-order valence-electron chi connectivity index (χ1n) is 8.17. The summed E-state index contributed by atoms with van der Waals surface area (Å²) in [4.78, 5) is 2.45. The number of rotatable bonds is 7. The highest BCUT2D eigenvalue weighted by atomic mass is 16.4. The molecule has 0 bridgehead atoms. The molecule has 0 spiro atoms. The summed E-state index contributed by atoms with van der Waals surface area (Å²) in [6.45, 7) is 2.99. The zero-order valence-electron chi connectivity index (χ0n) is 12.4. The van der Waals surface area contributed by atoms with Gasteiger partial charge in [-0.3, -0.25) is 4.90 Å². The predicted molar refractivity (Wildman–Crippen MR) is 83.1 cm³/mol. The molecule has 2 aromatic rings. The summed E-state index contributed by atoms with van der Waals surface area (Å²) >= 11 is 0. The molecule has 0 radical (unpaired) electrons. The Balaban J connectivity index is 1.45. The van der Waals surface area contributed by atoms with Crippen molar-refractivity contribution in [3.8, 4) is 0 Å². The van der Waals surface area contributed by atoms with Gasteiger partial charge in [0.05, 0.1) is 0 Å². The van der Waals surface area contributed by atoms with Crippen LogP contribution in [0.5, 0.6) is 0 Å². The van der Waals surface area contributed by atoms with Gasteiger partial charge in [-0.2, -0.15) is 0 Å². The number of furan rings is 1. The fourth-order valence-electron chi connectivity index (χ4n) is 3.06. The molecule has 1 N–H and O–H groups in total. The average Bonchev–Trinajstić information content (AvgIpc) is 3.39. The maximum Gasteiger partial charge on any atom is 0.135 e. The molecule has 0 saturated heterocycles. The first kappa shape index (κ1) is 13.4. The quantitative estimate of drug-likeness (QED) is 0.844. The van der Waals surface area contributed by atoms with E-state index in [9.17, 15) is 5.11 Å². The van der Waals surface area contributed by atoms with Crippen molar-refractivity contribution in [1.82, 2.24) is 4.90 Å². The molecule has 1 unspecified atom stereocenters. The number of para-hydroxylation sites is 1. The van der Waals surface area contributed by atoms with Gasteiger partial charge in [0.1, 0.15) is 17.4 Å². The van der Waals surface area contributed by atoms with Crippen molar-refractivity contribution in [2.45, 2.75) is 31.8 Å². The van der Waals surface area contributed by atoms with Crippen molar-refractivity contribution in [1.29, 1.82) is 0 Å². The van der Waals surface area contributed by atoms with Crippen molar-refractivity contribution in [3.63, 3.8) is 0 Å². The Morgan fingerprint density at radius 1 is 1.10 bits per heavy atom. The second kappa shape index (κ2) is 5.47. The fraction of sp³-hybridized carbons (Fsp3) is 0.556. The summed E-state index contributed by atoms with van der Waals surface area (Å²) < 4.78 is 5.80. The molecule has 0 aliphatic heterocycles. The second-order valence-corrected chi connectivity index (χ2v) is 6.81. The SMILES string of the molecule is OC(CN(CC1CC1)CC1CC1)c1cc2ccccc2o1. The van der Waals surface area contributed by atoms with Crippen molar-refractivity contribution < 1.29 is 9.52 Å². The molecule has 3 nitrogen and oxygen atoms in total. The van der Waals surface area contributed by atoms with Crippen molar-refractivity contribution in [2.75, 3.05) is 19.6 Å². The monoisotopic (exact) mass is 285 g/mol. The Morgan fingerprint density at radius 3 is 2.38 bits per heavy atom. The van der Waals surface area contributed by atoms with Gasteiger partial charge in [-0.25, -0.2) is 0 Å². The van der Waals surface area contributed by atoms with Crippen LogP contribution in [0.25, 0.3) is 11.0 Å². The van der Waals surface area contributed by atoms with Gasteiger partial charge in [0.25, 0.3) is 0 Å². The van der Waals surface area contributed by atoms with Gasteiger partial charge >= 0.3 is 0 Å². The number of hydrogen-bond acceptors (Lipinski definition) is 3. The van der Waals surface area contributed by atoms with Gasteiger partial charge in [0, 0.05) is 25.0 Å². The minimum absolute atomic E-state index is 0.519. The van der Waals surface area contributed by atoms with E-state index in [1.165, 1.54) is 25.7 Å². The molecule has 1 aromatic carbocycles. The Labute approximate surface area is 125 Å². The first-order chi connectivity index (χ1) is 10.3. The number of hydrogen-bond donors (Lipinski definition) is 1. The molecule has 112 valence electrons. The number of fused-ring (bicyclic) bond motifs is 1. The predicted octanol–water partition coefficient (Wildman–Crippen LogP) is 3.59. The van der Waals surface area contributed by atoms with Gasteiger partial charge in [-0.1, -0.05) is 18.2 Å². The molecule has 2 aliphatic carbocycles. The van der Waals surface area contributed by atoms with Crippen LogP contribution in [0, 0.1) is 11.8 Å². The zero-order chi connectivity index (χ0) is 14.2. The third-order valence-electron chi connectivity index (χ3n) is 4.63. The highest BCUT2D eigenvalue weighted by Crippen LogP contribution is 2.34. The van der Waals surface area contributed by atoms with Gasteiger partial charge in [-0.15, -0.1) is 0 Å². The Hall–Kier alpha value is -1.32. The summed E-state index contributed by atoms with van der Waals surface area (Å²) in [5, 5.41) is 11.6. The van der Waals surface area contributed by atoms with Crippen LogP contribution in [0.2, 0.25) is 0 Å². The molecule has 2 saturated carbocycles. The molecule has 21 heavy (non-hydrogen) atoms. The molecular weight excluding hydrogens is 262 g/mol. The maximum absolute atomic E-state index is 10.5. The lowest BCUT2D eigenvalue weighted by molar-refractivity contribution is 0.0911. The van der Waals surface area contributed by atoms with Crippen LogP contribution < -0.4 is 0 Å². The Morgan fingerprint density at radius 2 is 1.76 bits per heavy atom. The summed E-state index contributed by atoms with van der Waals surface area (Å²) in [6.07, 6.45) is 4.93. The van der Waals surface area contributed by atoms with Crippen LogP contribution in [0.15, 0.2) is 34.7 Å². The van der Waals surface area contributed by atoms with E-state index < -0.39 is 6.10 Å². The standard InChI is InChI=1S/C18H23NO2/c20-16(18-9-15-3-1-2-4-17(15)21-18)12-19(10-13-5-6-13)11-14-7-8-14/h1-4,9,13-14,16,20H,5-8,10-12H2. The second-order valence-electron chi connectivity index (χ2n) is 6.81. The van der Waals surface area contributed by atoms with Crippen LogP contribution in [0.3, 0.4) is 0 Å². The smallest absolute Gasteiger partial charge is 0.135 e. The van der Waals surface area contributed by atoms with Gasteiger partial charge in [-0.05, 0) is 49.7 Å². The van der Waals surface area contributed by atoms with E-state index >= 15 is 0 Å². The average molecular weight is 285 g/mol. The molecule has 0 amide bonds. The molecule has 2 fully saturated rings. The van der Waals surface area contributed by atoms with Crippen molar-refractivity contribution >= 4 is 11.0 Å². The van der Waals surface area contributed by atoms with E-state index in [1.54, 1.807) is 0 Å². The maximum atomic E-state index is 10.5. The summed E-state index contributed by atoms with van der Waals surface area (Å²) in [6, 6.07) is 9.93. The molecule has 3 heteroatoms. The topological polar surface area (TPSA) is 36.6 Å². The molecule has 1 atom stereocenters. The number of aliphatic hydroxyl groups is 1. The van der Waals surface area contributed by atoms with Crippen LogP contribution in [0.1, 0.15) is 37.5 Å². The lowest BCUT2D eigenvalue weighted by atomic mass is 10.2. The van der Waals surface area contributed by atoms with Crippen LogP contribution in [-0.4, -0.2) is 29.6 Å². The highest BCUT2D eigenvalue weighted by Gasteiger charge is 2.30. The minimum Gasteiger partial charge on any atom is -0.458 e. The van der Waals surface area contributed by atoms with E-state index in [1.807, 2.05) is 30.3 Å². The van der Waals surface area contributed by atoms with Crippen molar-refractivity contribution in [2.24, 2.45) is 11.8 Å². The highest BCUT2D eigenvalue weighted by molar-refractivity contribution is 5.77. The number of aliphatic hydroxyl groups excluding tert-OH is 1. The third-order valence-corrected chi connectivity index (χ3v) is 4.63. The largest absolute Gasteiger partial charge is 0.458 e. The molecular formula is C18H23NO2. The summed E-state index contributed by atoms with van der Waals surface area (Å²) in [7, 11) is 0. The minimum atomic E-state index is -0.519. The first-order valence-corrected chi connectivity index (χ1v) is 8.17. The van der Waals surface area contributed by atoms with E-state index in [0.29, 0.717) is 12.3 Å². The van der Waals surface area contributed by atoms with Gasteiger partial charge in [0.2, 0.25) is 0 Å². The number of nitrogens with zero attached hydrogens (tertiary/aromatic N) is 1. The Kier molecular flexibility index (Phi) is 3.48. The summed E-state index contributed by atoms with van der Waals surface area (Å²) in [5.41, 5.74) is 0.863. The fourth-order valence-corrected chi connectivity index (χ4v) is 3.06. The lowest BCUT2D eigenvalue weighted by Gasteiger charge is -2.24. The van der Waals surface area contributed by atoms with E-state index in [2.05, 4.69) is 4.90 Å². The van der Waals surface area contributed by atoms with Crippen molar-refractivity contribution in [3.05, 3.63) is 36.1 Å². The van der Waals surface area contributed by atoms with Gasteiger partial charge in [0.15, 0.2) is 0 Å². The third kappa shape index (κ3) is 3.30. The molecule has 4 rings (SSSR count). The Bertz CT molecular complexity index is 565.